The van der Waals surface area contributed by atoms with Gasteiger partial charge in [0.05, 0.1) is 0 Å². The lowest BCUT2D eigenvalue weighted by Gasteiger charge is -2.19. The van der Waals surface area contributed by atoms with Crippen LogP contribution in [-0.2, 0) is 0 Å². The van der Waals surface area contributed by atoms with E-state index in [4.69, 9.17) is 5.11 Å². The summed E-state index contributed by atoms with van der Waals surface area (Å²) in [6, 6.07) is 0.0493. The maximum atomic E-state index is 11.7. The molecule has 0 aromatic heterocycles. The third-order valence-corrected chi connectivity index (χ3v) is 2.24. The predicted octanol–water partition coefficient (Wildman–Crippen LogP) is 1.94. The molecule has 0 saturated heterocycles. The molecular weight excluding hydrogens is 195 g/mol. The van der Waals surface area contributed by atoms with Gasteiger partial charge in [-0.25, -0.2) is 0 Å². The second kappa shape index (κ2) is 6.24. The van der Waals surface area contributed by atoms with Gasteiger partial charge < -0.3 is 10.4 Å². The summed E-state index contributed by atoms with van der Waals surface area (Å²) in [7, 11) is 0. The van der Waals surface area contributed by atoms with E-state index in [9.17, 15) is 13.2 Å². The Bertz CT molecular complexity index is 149. The number of halogens is 3. The van der Waals surface area contributed by atoms with Gasteiger partial charge in [0.25, 0.3) is 0 Å². The first-order valence-electron chi connectivity index (χ1n) is 4.78. The Kier molecular flexibility index (Phi) is 6.11. The second-order valence-electron chi connectivity index (χ2n) is 3.62. The van der Waals surface area contributed by atoms with Crippen LogP contribution in [0.15, 0.2) is 0 Å². The van der Waals surface area contributed by atoms with E-state index >= 15 is 0 Å². The van der Waals surface area contributed by atoms with E-state index in [1.807, 2.05) is 13.8 Å². The normalized spacial score (nSPS) is 16.7. The fourth-order valence-electron chi connectivity index (χ4n) is 0.978. The summed E-state index contributed by atoms with van der Waals surface area (Å²) in [5.41, 5.74) is 0. The minimum absolute atomic E-state index is 0.0490. The molecule has 0 aliphatic rings. The van der Waals surface area contributed by atoms with Crippen LogP contribution in [0.2, 0.25) is 0 Å². The van der Waals surface area contributed by atoms with Crippen LogP contribution in [0, 0.1) is 5.92 Å². The van der Waals surface area contributed by atoms with Crippen molar-refractivity contribution in [1.82, 2.24) is 5.32 Å². The van der Waals surface area contributed by atoms with E-state index in [1.165, 1.54) is 0 Å². The van der Waals surface area contributed by atoms with Crippen LogP contribution in [0.3, 0.4) is 0 Å². The van der Waals surface area contributed by atoms with Crippen molar-refractivity contribution < 1.29 is 18.3 Å². The lowest BCUT2D eigenvalue weighted by molar-refractivity contribution is -0.135. The molecule has 2 atom stereocenters. The molecule has 0 saturated carbocycles. The van der Waals surface area contributed by atoms with Crippen molar-refractivity contribution in [2.24, 2.45) is 5.92 Å². The van der Waals surface area contributed by atoms with Crippen molar-refractivity contribution in [3.05, 3.63) is 0 Å². The molecule has 0 aromatic rings. The highest BCUT2D eigenvalue weighted by molar-refractivity contribution is 4.67. The zero-order valence-corrected chi connectivity index (χ0v) is 8.56. The topological polar surface area (TPSA) is 32.3 Å². The molecule has 0 rings (SSSR count). The first-order chi connectivity index (χ1) is 6.37. The summed E-state index contributed by atoms with van der Waals surface area (Å²) >= 11 is 0. The smallest absolute Gasteiger partial charge is 0.389 e. The molecule has 0 aliphatic carbocycles. The van der Waals surface area contributed by atoms with E-state index in [1.54, 1.807) is 0 Å². The van der Waals surface area contributed by atoms with Gasteiger partial charge in [0.1, 0.15) is 0 Å². The number of hydrogen-bond acceptors (Lipinski definition) is 2. The van der Waals surface area contributed by atoms with Crippen LogP contribution in [0.25, 0.3) is 0 Å². The molecule has 86 valence electrons. The molecule has 0 bridgehead atoms. The van der Waals surface area contributed by atoms with Crippen LogP contribution in [0.4, 0.5) is 13.2 Å². The van der Waals surface area contributed by atoms with Gasteiger partial charge in [0.2, 0.25) is 0 Å². The predicted molar refractivity (Wildman–Crippen MR) is 49.0 cm³/mol. The number of rotatable bonds is 6. The third kappa shape index (κ3) is 7.15. The van der Waals surface area contributed by atoms with Crippen molar-refractivity contribution in [3.8, 4) is 0 Å². The first kappa shape index (κ1) is 13.7. The highest BCUT2D eigenvalue weighted by Gasteiger charge is 2.26. The average Bonchev–Trinajstić information content (AvgIpc) is 2.09. The Balaban J connectivity index is 3.45. The number of alkyl halides is 3. The molecule has 0 radical (unpaired) electrons. The summed E-state index contributed by atoms with van der Waals surface area (Å²) in [6.07, 6.45) is -4.72. The highest BCUT2D eigenvalue weighted by atomic mass is 19.4. The van der Waals surface area contributed by atoms with Crippen LogP contribution >= 0.6 is 0 Å². The molecule has 2 N–H and O–H groups in total. The molecule has 0 aliphatic heterocycles. The molecule has 5 heteroatoms. The third-order valence-electron chi connectivity index (χ3n) is 2.24. The van der Waals surface area contributed by atoms with Crippen molar-refractivity contribution in [2.45, 2.75) is 38.9 Å². The first-order valence-corrected chi connectivity index (χ1v) is 4.78. The van der Waals surface area contributed by atoms with Crippen molar-refractivity contribution in [3.63, 3.8) is 0 Å². The summed E-state index contributed by atoms with van der Waals surface area (Å²) in [6.45, 7) is 4.09. The van der Waals surface area contributed by atoms with Crippen LogP contribution in [-0.4, -0.2) is 30.5 Å². The summed E-state index contributed by atoms with van der Waals surface area (Å²) in [4.78, 5) is 0. The van der Waals surface area contributed by atoms with E-state index in [-0.39, 0.29) is 25.0 Å². The van der Waals surface area contributed by atoms with E-state index in [0.717, 1.165) is 0 Å². The largest absolute Gasteiger partial charge is 0.396 e. The lowest BCUT2D eigenvalue weighted by Crippen LogP contribution is -2.34. The molecule has 14 heavy (non-hydrogen) atoms. The average molecular weight is 213 g/mol. The summed E-state index contributed by atoms with van der Waals surface area (Å²) in [5.74, 6) is 0.0703. The number of nitrogens with one attached hydrogen (secondary N) is 1. The van der Waals surface area contributed by atoms with Gasteiger partial charge in [0, 0.05) is 19.1 Å². The molecule has 0 heterocycles. The number of hydrogen-bond donors (Lipinski definition) is 2. The van der Waals surface area contributed by atoms with Crippen LogP contribution < -0.4 is 5.32 Å². The maximum absolute atomic E-state index is 11.7. The fourth-order valence-corrected chi connectivity index (χ4v) is 0.978. The fraction of sp³-hybridized carbons (Fsp3) is 1.00. The minimum atomic E-state index is -4.06. The second-order valence-corrected chi connectivity index (χ2v) is 3.62. The van der Waals surface area contributed by atoms with Gasteiger partial charge in [-0.1, -0.05) is 6.92 Å². The Labute approximate surface area is 82.5 Å². The number of aliphatic hydroxyl groups is 1. The van der Waals surface area contributed by atoms with Gasteiger partial charge in [-0.3, -0.25) is 0 Å². The monoisotopic (exact) mass is 213 g/mol. The van der Waals surface area contributed by atoms with Crippen molar-refractivity contribution in [1.29, 1.82) is 0 Å². The minimum Gasteiger partial charge on any atom is -0.396 e. The van der Waals surface area contributed by atoms with Gasteiger partial charge in [0.15, 0.2) is 0 Å². The molecule has 0 aromatic carbocycles. The quantitative estimate of drug-likeness (QED) is 0.661. The van der Waals surface area contributed by atoms with E-state index in [2.05, 4.69) is 5.32 Å². The standard InChI is InChI=1S/C9H18F3NO/c1-7(6-14)8(2)13-5-3-4-9(10,11)12/h7-8,13-14H,3-6H2,1-2H3. The molecule has 2 nitrogen and oxygen atoms in total. The zero-order chi connectivity index (χ0) is 11.2. The zero-order valence-electron chi connectivity index (χ0n) is 8.56. The SMILES string of the molecule is CC(CO)C(C)NCCCC(F)(F)F. The summed E-state index contributed by atoms with van der Waals surface area (Å²) < 4.78 is 35.2. The Morgan fingerprint density at radius 3 is 2.29 bits per heavy atom. The molecule has 2 unspecified atom stereocenters. The Morgan fingerprint density at radius 1 is 1.29 bits per heavy atom. The van der Waals surface area contributed by atoms with Crippen LogP contribution in [0.5, 0.6) is 0 Å². The van der Waals surface area contributed by atoms with Crippen LogP contribution in [0.1, 0.15) is 26.7 Å². The van der Waals surface area contributed by atoms with Gasteiger partial charge in [-0.05, 0) is 25.8 Å². The van der Waals surface area contributed by atoms with Gasteiger partial charge in [-0.2, -0.15) is 13.2 Å². The van der Waals surface area contributed by atoms with Crippen molar-refractivity contribution in [2.75, 3.05) is 13.2 Å². The van der Waals surface area contributed by atoms with E-state index in [0.29, 0.717) is 6.54 Å². The van der Waals surface area contributed by atoms with E-state index < -0.39 is 12.6 Å². The van der Waals surface area contributed by atoms with Gasteiger partial charge >= 0.3 is 6.18 Å². The Hall–Kier alpha value is -0.290. The lowest BCUT2D eigenvalue weighted by atomic mass is 10.1. The molecule has 0 amide bonds. The highest BCUT2D eigenvalue weighted by Crippen LogP contribution is 2.20. The maximum Gasteiger partial charge on any atom is 0.389 e. The van der Waals surface area contributed by atoms with Gasteiger partial charge in [-0.15, -0.1) is 0 Å². The summed E-state index contributed by atoms with van der Waals surface area (Å²) in [5, 5.41) is 11.7. The number of aliphatic hydroxyl groups excluding tert-OH is 1. The Morgan fingerprint density at radius 2 is 1.86 bits per heavy atom. The molecule has 0 fully saturated rings. The van der Waals surface area contributed by atoms with Crippen molar-refractivity contribution >= 4 is 0 Å². The molecular formula is C9H18F3NO. The molecule has 0 spiro atoms.